The molecule has 0 fully saturated rings. The third-order valence-corrected chi connectivity index (χ3v) is 4.05. The molecule has 162 valence electrons. The Bertz CT molecular complexity index is 1020. The quantitative estimate of drug-likeness (QED) is 0.485. The highest BCUT2D eigenvalue weighted by Crippen LogP contribution is 2.31. The van der Waals surface area contributed by atoms with Crippen LogP contribution in [0.15, 0.2) is 60.9 Å². The Morgan fingerprint density at radius 1 is 1.10 bits per heavy atom. The number of rotatable bonds is 4. The predicted molar refractivity (Wildman–Crippen MR) is 104 cm³/mol. The predicted octanol–water partition coefficient (Wildman–Crippen LogP) is 3.56. The van der Waals surface area contributed by atoms with Crippen molar-refractivity contribution in [3.63, 3.8) is 0 Å². The summed E-state index contributed by atoms with van der Waals surface area (Å²) >= 11 is 0. The van der Waals surface area contributed by atoms with Crippen LogP contribution in [0.5, 0.6) is 0 Å². The van der Waals surface area contributed by atoms with Gasteiger partial charge in [-0.2, -0.15) is 13.2 Å². The third-order valence-electron chi connectivity index (χ3n) is 4.05. The van der Waals surface area contributed by atoms with Gasteiger partial charge in [0.05, 0.1) is 11.6 Å². The highest BCUT2D eigenvalue weighted by atomic mass is 19.4. The van der Waals surface area contributed by atoms with Crippen molar-refractivity contribution in [3.8, 4) is 0 Å². The van der Waals surface area contributed by atoms with E-state index < -0.39 is 29.5 Å². The van der Waals surface area contributed by atoms with Crippen molar-refractivity contribution in [2.45, 2.75) is 19.1 Å². The van der Waals surface area contributed by atoms with Crippen LogP contribution in [-0.4, -0.2) is 22.3 Å². The van der Waals surface area contributed by atoms with Gasteiger partial charge >= 0.3 is 6.18 Å². The van der Waals surface area contributed by atoms with Gasteiger partial charge in [0, 0.05) is 12.4 Å². The number of alkyl halides is 3. The maximum Gasteiger partial charge on any atom is 0.416 e. The summed E-state index contributed by atoms with van der Waals surface area (Å²) in [6, 6.07) is 8.77. The lowest BCUT2D eigenvalue weighted by atomic mass is 10.0. The number of amides is 2. The van der Waals surface area contributed by atoms with Gasteiger partial charge < -0.3 is 11.1 Å². The first-order valence-electron chi connectivity index (χ1n) is 8.83. The minimum Gasteiger partial charge on any atom is -0.372 e. The van der Waals surface area contributed by atoms with E-state index in [-0.39, 0.29) is 23.4 Å². The molecule has 10 heteroatoms. The molecule has 3 aromatic rings. The number of nitrogens with two attached hydrogens (primary N) is 1. The summed E-state index contributed by atoms with van der Waals surface area (Å²) in [7, 11) is 0. The summed E-state index contributed by atoms with van der Waals surface area (Å²) in [6.07, 6.45) is -1.41. The molecular weight excluding hydrogens is 416 g/mol. The van der Waals surface area contributed by atoms with Crippen molar-refractivity contribution in [2.24, 2.45) is 5.73 Å². The molecule has 0 aliphatic carbocycles. The van der Waals surface area contributed by atoms with Gasteiger partial charge in [0.2, 0.25) is 6.41 Å². The monoisotopic (exact) mass is 434 g/mol. The number of aromatic nitrogens is 2. The molecule has 0 radical (unpaired) electrons. The molecule has 0 spiro atoms. The molecular formula is C21H18F4N4O2. The molecule has 31 heavy (non-hydrogen) atoms. The largest absolute Gasteiger partial charge is 0.416 e. The second-order valence-corrected chi connectivity index (χ2v) is 6.25. The zero-order chi connectivity index (χ0) is 23.0. The first-order valence-corrected chi connectivity index (χ1v) is 8.83. The van der Waals surface area contributed by atoms with Crippen molar-refractivity contribution in [3.05, 3.63) is 94.8 Å². The Morgan fingerprint density at radius 3 is 2.26 bits per heavy atom. The molecule has 1 aromatic carbocycles. The first kappa shape index (κ1) is 23.5. The fourth-order valence-electron chi connectivity index (χ4n) is 2.59. The van der Waals surface area contributed by atoms with Crippen molar-refractivity contribution < 1.29 is 27.2 Å². The minimum absolute atomic E-state index is 0.0962. The Balaban J connectivity index is 0.00000107. The molecule has 0 aliphatic heterocycles. The molecule has 1 unspecified atom stereocenters. The standard InChI is InChI=1S/C20H15F4N3O.CH3NO/c1-12-4-9-16(26-11-12)19(28)27-17(18-15(21)3-2-10-25-18)13-5-7-14(8-6-13)20(22,23)24;2-1-3/h2-11,17H,1H3,(H,27,28);1H,(H2,2,3). The minimum atomic E-state index is -4.50. The maximum atomic E-state index is 14.3. The Labute approximate surface area is 175 Å². The molecule has 0 bridgehead atoms. The number of carbonyl (C=O) groups is 2. The number of halogens is 4. The van der Waals surface area contributed by atoms with E-state index in [0.29, 0.717) is 0 Å². The van der Waals surface area contributed by atoms with Crippen molar-refractivity contribution in [2.75, 3.05) is 0 Å². The number of hydrogen-bond acceptors (Lipinski definition) is 4. The lowest BCUT2D eigenvalue weighted by Crippen LogP contribution is -2.31. The highest BCUT2D eigenvalue weighted by Gasteiger charge is 2.31. The molecule has 2 heterocycles. The molecule has 0 saturated heterocycles. The van der Waals surface area contributed by atoms with Gasteiger partial charge in [0.1, 0.15) is 17.2 Å². The van der Waals surface area contributed by atoms with Crippen LogP contribution in [0.25, 0.3) is 0 Å². The zero-order valence-electron chi connectivity index (χ0n) is 16.2. The van der Waals surface area contributed by atoms with Gasteiger partial charge in [-0.25, -0.2) is 4.39 Å². The molecule has 6 nitrogen and oxygen atoms in total. The van der Waals surface area contributed by atoms with Gasteiger partial charge in [0.25, 0.3) is 5.91 Å². The molecule has 3 rings (SSSR count). The number of pyridine rings is 2. The van der Waals surface area contributed by atoms with E-state index in [1.807, 2.05) is 6.92 Å². The van der Waals surface area contributed by atoms with Crippen LogP contribution >= 0.6 is 0 Å². The van der Waals surface area contributed by atoms with Gasteiger partial charge in [-0.15, -0.1) is 0 Å². The first-order chi connectivity index (χ1) is 14.7. The number of benzene rings is 1. The van der Waals surface area contributed by atoms with E-state index in [0.717, 1.165) is 23.8 Å². The van der Waals surface area contributed by atoms with Crippen LogP contribution < -0.4 is 11.1 Å². The number of aryl methyl sites for hydroxylation is 1. The summed E-state index contributed by atoms with van der Waals surface area (Å²) in [6.45, 7) is 1.81. The second kappa shape index (κ2) is 10.3. The molecule has 0 saturated carbocycles. The number of nitrogens with one attached hydrogen (secondary N) is 1. The Morgan fingerprint density at radius 2 is 1.74 bits per heavy atom. The van der Waals surface area contributed by atoms with Crippen LogP contribution in [-0.2, 0) is 11.0 Å². The van der Waals surface area contributed by atoms with Crippen molar-refractivity contribution in [1.29, 1.82) is 0 Å². The SMILES string of the molecule is Cc1ccc(C(=O)NC(c2ccc(C(F)(F)F)cc2)c2ncccc2F)nc1.NC=O. The number of carbonyl (C=O) groups excluding carboxylic acids is 2. The highest BCUT2D eigenvalue weighted by molar-refractivity contribution is 5.92. The van der Waals surface area contributed by atoms with E-state index in [1.54, 1.807) is 6.07 Å². The average Bonchev–Trinajstić information content (AvgIpc) is 2.73. The number of primary amides is 1. The van der Waals surface area contributed by atoms with Crippen LogP contribution in [0.4, 0.5) is 17.6 Å². The summed E-state index contributed by atoms with van der Waals surface area (Å²) in [4.78, 5) is 29.1. The normalized spacial score (nSPS) is 11.6. The summed E-state index contributed by atoms with van der Waals surface area (Å²) < 4.78 is 52.8. The van der Waals surface area contributed by atoms with Gasteiger partial charge in [-0.1, -0.05) is 18.2 Å². The van der Waals surface area contributed by atoms with Crippen LogP contribution in [0.1, 0.15) is 38.9 Å². The molecule has 2 aromatic heterocycles. The van der Waals surface area contributed by atoms with Crippen molar-refractivity contribution in [1.82, 2.24) is 15.3 Å². The van der Waals surface area contributed by atoms with Gasteiger partial charge in [-0.05, 0) is 48.4 Å². The van der Waals surface area contributed by atoms with E-state index >= 15 is 0 Å². The molecule has 2 amide bonds. The number of nitrogens with zero attached hydrogens (tertiary/aromatic N) is 2. The lowest BCUT2D eigenvalue weighted by Gasteiger charge is -2.20. The fraction of sp³-hybridized carbons (Fsp3) is 0.143. The average molecular weight is 434 g/mol. The maximum absolute atomic E-state index is 14.3. The number of hydrogen-bond donors (Lipinski definition) is 2. The van der Waals surface area contributed by atoms with Crippen LogP contribution in [0.3, 0.4) is 0 Å². The van der Waals surface area contributed by atoms with Crippen LogP contribution in [0.2, 0.25) is 0 Å². The third kappa shape index (κ3) is 6.33. The van der Waals surface area contributed by atoms with E-state index in [2.05, 4.69) is 21.0 Å². The molecule has 0 aliphatic rings. The fourth-order valence-corrected chi connectivity index (χ4v) is 2.59. The second-order valence-electron chi connectivity index (χ2n) is 6.25. The summed E-state index contributed by atoms with van der Waals surface area (Å²) in [5.74, 6) is -1.29. The van der Waals surface area contributed by atoms with Gasteiger partial charge in [0.15, 0.2) is 0 Å². The van der Waals surface area contributed by atoms with E-state index in [1.165, 1.54) is 36.7 Å². The Kier molecular flexibility index (Phi) is 7.78. The van der Waals surface area contributed by atoms with E-state index in [9.17, 15) is 22.4 Å². The van der Waals surface area contributed by atoms with Crippen molar-refractivity contribution >= 4 is 12.3 Å². The summed E-state index contributed by atoms with van der Waals surface area (Å²) in [5, 5.41) is 2.60. The lowest BCUT2D eigenvalue weighted by molar-refractivity contribution is -0.137. The summed E-state index contributed by atoms with van der Waals surface area (Å²) in [5.41, 5.74) is 4.42. The molecule has 1 atom stereocenters. The zero-order valence-corrected chi connectivity index (χ0v) is 16.2. The smallest absolute Gasteiger partial charge is 0.372 e. The van der Waals surface area contributed by atoms with E-state index in [4.69, 9.17) is 4.79 Å². The molecule has 3 N–H and O–H groups in total. The van der Waals surface area contributed by atoms with Crippen LogP contribution in [0, 0.1) is 12.7 Å². The Hall–Kier alpha value is -3.82. The topological polar surface area (TPSA) is 98.0 Å². The van der Waals surface area contributed by atoms with Gasteiger partial charge in [-0.3, -0.25) is 19.6 Å².